The van der Waals surface area contributed by atoms with E-state index in [-0.39, 0.29) is 5.69 Å². The van der Waals surface area contributed by atoms with Gasteiger partial charge in [-0.15, -0.1) is 0 Å². The Morgan fingerprint density at radius 3 is 2.26 bits per heavy atom. The van der Waals surface area contributed by atoms with Crippen LogP contribution in [0.3, 0.4) is 0 Å². The molecule has 0 aliphatic rings. The van der Waals surface area contributed by atoms with E-state index in [9.17, 15) is 18.5 Å². The fraction of sp³-hybridized carbons (Fsp3) is 0. The minimum atomic E-state index is -4.03. The Balaban J connectivity index is 2.31. The summed E-state index contributed by atoms with van der Waals surface area (Å²) in [5.41, 5.74) is 0.578. The minimum Gasteiger partial charge on any atom is -0.279 e. The first-order valence-corrected chi connectivity index (χ1v) is 7.85. The lowest BCUT2D eigenvalue weighted by molar-refractivity contribution is -0.384. The fourth-order valence-corrected chi connectivity index (χ4v) is 2.70. The lowest BCUT2D eigenvalue weighted by Gasteiger charge is -2.06. The van der Waals surface area contributed by atoms with E-state index < -0.39 is 19.9 Å². The van der Waals surface area contributed by atoms with E-state index in [1.165, 1.54) is 24.3 Å². The molecule has 0 radical (unpaired) electrons. The van der Waals surface area contributed by atoms with E-state index in [2.05, 4.69) is 4.72 Å². The van der Waals surface area contributed by atoms with Gasteiger partial charge in [0, 0.05) is 17.8 Å². The molecule has 0 amide bonds. The van der Waals surface area contributed by atoms with Crippen LogP contribution in [0.4, 0.5) is 11.4 Å². The van der Waals surface area contributed by atoms with Crippen LogP contribution in [-0.2, 0) is 10.0 Å². The van der Waals surface area contributed by atoms with E-state index in [1.54, 1.807) is 36.4 Å². The Kier molecular flexibility index (Phi) is 4.73. The zero-order valence-corrected chi connectivity index (χ0v) is 12.5. The topological polar surface area (TPSA) is 113 Å². The van der Waals surface area contributed by atoms with Gasteiger partial charge in [0.05, 0.1) is 4.92 Å². The zero-order chi connectivity index (χ0) is 16.9. The van der Waals surface area contributed by atoms with Gasteiger partial charge in [-0.05, 0) is 35.9 Å². The summed E-state index contributed by atoms with van der Waals surface area (Å²) in [4.78, 5) is 9.53. The minimum absolute atomic E-state index is 0.120. The van der Waals surface area contributed by atoms with Crippen molar-refractivity contribution in [3.63, 3.8) is 0 Å². The third-order valence-electron chi connectivity index (χ3n) is 2.83. The molecular weight excluding hydrogens is 318 g/mol. The van der Waals surface area contributed by atoms with Crippen LogP contribution in [0, 0.1) is 21.4 Å². The van der Waals surface area contributed by atoms with E-state index in [1.807, 2.05) is 0 Å². The van der Waals surface area contributed by atoms with Crippen molar-refractivity contribution in [2.24, 2.45) is 0 Å². The van der Waals surface area contributed by atoms with Crippen molar-refractivity contribution in [3.8, 4) is 6.07 Å². The molecular formula is C15H11N3O4S. The molecule has 2 rings (SSSR count). The maximum Gasteiger partial charge on any atom is 0.272 e. The number of rotatable bonds is 5. The van der Waals surface area contributed by atoms with Crippen molar-refractivity contribution in [1.82, 2.24) is 0 Å². The number of para-hydroxylation sites is 1. The van der Waals surface area contributed by atoms with Crippen molar-refractivity contribution >= 4 is 27.5 Å². The fourth-order valence-electron chi connectivity index (χ4n) is 1.73. The number of nitro benzene ring substituents is 1. The first kappa shape index (κ1) is 16.2. The van der Waals surface area contributed by atoms with E-state index in [4.69, 9.17) is 5.26 Å². The molecule has 0 aromatic heterocycles. The quantitative estimate of drug-likeness (QED) is 0.515. The molecule has 7 nitrogen and oxygen atoms in total. The molecule has 0 atom stereocenters. The summed E-state index contributed by atoms with van der Waals surface area (Å²) >= 11 is 0. The molecule has 116 valence electrons. The number of allylic oxidation sites excluding steroid dienone is 1. The molecule has 0 heterocycles. The van der Waals surface area contributed by atoms with Crippen LogP contribution in [0.1, 0.15) is 5.56 Å². The van der Waals surface area contributed by atoms with Gasteiger partial charge >= 0.3 is 0 Å². The molecule has 0 bridgehead atoms. The van der Waals surface area contributed by atoms with Gasteiger partial charge in [-0.3, -0.25) is 14.8 Å². The normalized spacial score (nSPS) is 11.5. The predicted octanol–water partition coefficient (Wildman–Crippen LogP) is 2.90. The molecule has 2 aromatic rings. The van der Waals surface area contributed by atoms with Gasteiger partial charge < -0.3 is 0 Å². The van der Waals surface area contributed by atoms with Crippen LogP contribution in [0.15, 0.2) is 59.5 Å². The number of hydrogen-bond donors (Lipinski definition) is 1. The molecule has 0 fully saturated rings. The first-order valence-electron chi connectivity index (χ1n) is 6.36. The average molecular weight is 329 g/mol. The van der Waals surface area contributed by atoms with Gasteiger partial charge in [0.15, 0.2) is 4.91 Å². The third-order valence-corrected chi connectivity index (χ3v) is 4.12. The van der Waals surface area contributed by atoms with Crippen LogP contribution >= 0.6 is 0 Å². The van der Waals surface area contributed by atoms with Gasteiger partial charge in [-0.25, -0.2) is 8.42 Å². The van der Waals surface area contributed by atoms with Crippen molar-refractivity contribution in [2.45, 2.75) is 0 Å². The highest BCUT2D eigenvalue weighted by atomic mass is 32.2. The highest BCUT2D eigenvalue weighted by molar-refractivity contribution is 7.96. The summed E-state index contributed by atoms with van der Waals surface area (Å²) in [5.74, 6) is 0. The summed E-state index contributed by atoms with van der Waals surface area (Å²) in [5, 5.41) is 19.7. The summed E-state index contributed by atoms with van der Waals surface area (Å²) in [6, 6.07) is 15.0. The smallest absolute Gasteiger partial charge is 0.272 e. The highest BCUT2D eigenvalue weighted by Gasteiger charge is 2.17. The van der Waals surface area contributed by atoms with Crippen LogP contribution in [0.25, 0.3) is 6.08 Å². The van der Waals surface area contributed by atoms with Gasteiger partial charge in [0.25, 0.3) is 15.7 Å². The molecule has 0 aliphatic carbocycles. The average Bonchev–Trinajstić information content (AvgIpc) is 2.53. The summed E-state index contributed by atoms with van der Waals surface area (Å²) in [7, 11) is -4.03. The van der Waals surface area contributed by atoms with Crippen LogP contribution in [0.2, 0.25) is 0 Å². The van der Waals surface area contributed by atoms with Crippen LogP contribution < -0.4 is 4.72 Å². The van der Waals surface area contributed by atoms with Gasteiger partial charge in [0.2, 0.25) is 0 Å². The molecule has 2 aromatic carbocycles. The van der Waals surface area contributed by atoms with Crippen molar-refractivity contribution < 1.29 is 13.3 Å². The maximum absolute atomic E-state index is 12.2. The van der Waals surface area contributed by atoms with E-state index in [0.29, 0.717) is 11.3 Å². The second-order valence-corrected chi connectivity index (χ2v) is 6.09. The Hall–Kier alpha value is -3.18. The molecule has 0 unspecified atom stereocenters. The second-order valence-electron chi connectivity index (χ2n) is 4.44. The number of sulfonamides is 1. The zero-order valence-electron chi connectivity index (χ0n) is 11.7. The first-order chi connectivity index (χ1) is 10.9. The number of anilines is 1. The monoisotopic (exact) mass is 329 g/mol. The van der Waals surface area contributed by atoms with Gasteiger partial charge in [-0.1, -0.05) is 18.2 Å². The number of nitrogens with zero attached hydrogens (tertiary/aromatic N) is 2. The number of non-ortho nitro benzene ring substituents is 1. The van der Waals surface area contributed by atoms with Crippen molar-refractivity contribution in [3.05, 3.63) is 75.2 Å². The molecule has 1 N–H and O–H groups in total. The molecule has 0 saturated carbocycles. The Morgan fingerprint density at radius 2 is 1.74 bits per heavy atom. The third kappa shape index (κ3) is 4.15. The maximum atomic E-state index is 12.2. The lowest BCUT2D eigenvalue weighted by Crippen LogP contribution is -2.14. The van der Waals surface area contributed by atoms with Gasteiger partial charge in [0.1, 0.15) is 6.07 Å². The Labute approximate surface area is 132 Å². The van der Waals surface area contributed by atoms with Crippen LogP contribution in [-0.4, -0.2) is 13.3 Å². The van der Waals surface area contributed by atoms with Gasteiger partial charge in [-0.2, -0.15) is 5.26 Å². The molecule has 8 heteroatoms. The number of nitro groups is 1. The number of hydrogen-bond acceptors (Lipinski definition) is 5. The molecule has 0 saturated heterocycles. The number of nitriles is 1. The Bertz CT molecular complexity index is 883. The van der Waals surface area contributed by atoms with E-state index >= 15 is 0 Å². The largest absolute Gasteiger partial charge is 0.279 e. The summed E-state index contributed by atoms with van der Waals surface area (Å²) < 4.78 is 26.7. The predicted molar refractivity (Wildman–Crippen MR) is 85.7 cm³/mol. The standard InChI is InChI=1S/C15H11N3O4S/c16-11-15(10-12-6-8-14(9-7-12)18(19)20)23(21,22)17-13-4-2-1-3-5-13/h1-10,17H. The lowest BCUT2D eigenvalue weighted by atomic mass is 10.2. The number of benzene rings is 2. The SMILES string of the molecule is N#CC(=Cc1ccc([N+](=O)[O-])cc1)S(=O)(=O)Nc1ccccc1. The van der Waals surface area contributed by atoms with Crippen LogP contribution in [0.5, 0.6) is 0 Å². The number of nitrogens with one attached hydrogen (secondary N) is 1. The molecule has 23 heavy (non-hydrogen) atoms. The molecule has 0 spiro atoms. The second kappa shape index (κ2) is 6.72. The molecule has 0 aliphatic heterocycles. The summed E-state index contributed by atoms with van der Waals surface area (Å²) in [6.45, 7) is 0. The highest BCUT2D eigenvalue weighted by Crippen LogP contribution is 2.18. The van der Waals surface area contributed by atoms with Crippen molar-refractivity contribution in [1.29, 1.82) is 5.26 Å². The van der Waals surface area contributed by atoms with Crippen molar-refractivity contribution in [2.75, 3.05) is 4.72 Å². The van der Waals surface area contributed by atoms with E-state index in [0.717, 1.165) is 6.08 Å². The summed E-state index contributed by atoms with van der Waals surface area (Å²) in [6.07, 6.45) is 1.15. The Morgan fingerprint density at radius 1 is 1.13 bits per heavy atom.